The largest absolute Gasteiger partial charge is 0.454 e. The van der Waals surface area contributed by atoms with Crippen molar-refractivity contribution < 1.29 is 9.47 Å². The second-order valence-electron chi connectivity index (χ2n) is 5.55. The van der Waals surface area contributed by atoms with Crippen molar-refractivity contribution in [1.82, 2.24) is 5.32 Å². The maximum absolute atomic E-state index is 5.53. The average molecular weight is 247 g/mol. The predicted octanol–water partition coefficient (Wildman–Crippen LogP) is 2.94. The third-order valence-electron chi connectivity index (χ3n) is 4.50. The van der Waals surface area contributed by atoms with Crippen molar-refractivity contribution in [2.45, 2.75) is 39.3 Å². The van der Waals surface area contributed by atoms with E-state index in [9.17, 15) is 0 Å². The van der Waals surface area contributed by atoms with Gasteiger partial charge >= 0.3 is 0 Å². The fourth-order valence-electron chi connectivity index (χ4n) is 3.02. The Bertz CT molecular complexity index is 433. The van der Waals surface area contributed by atoms with Crippen LogP contribution in [0.3, 0.4) is 0 Å². The molecular formula is C15H21NO2. The quantitative estimate of drug-likeness (QED) is 0.890. The molecule has 3 rings (SSSR count). The molecule has 1 fully saturated rings. The summed E-state index contributed by atoms with van der Waals surface area (Å²) in [5.41, 5.74) is 1.21. The fourth-order valence-corrected chi connectivity index (χ4v) is 3.02. The lowest BCUT2D eigenvalue weighted by Crippen LogP contribution is -2.31. The highest BCUT2D eigenvalue weighted by Gasteiger charge is 2.29. The molecule has 1 heterocycles. The molecule has 1 aromatic carbocycles. The molecule has 0 radical (unpaired) electrons. The lowest BCUT2D eigenvalue weighted by atomic mass is 9.97. The summed E-state index contributed by atoms with van der Waals surface area (Å²) in [4.78, 5) is 0. The van der Waals surface area contributed by atoms with E-state index in [0.717, 1.165) is 29.9 Å². The van der Waals surface area contributed by atoms with Gasteiger partial charge in [0.2, 0.25) is 6.79 Å². The van der Waals surface area contributed by atoms with Gasteiger partial charge in [-0.15, -0.1) is 0 Å². The molecule has 0 amide bonds. The van der Waals surface area contributed by atoms with Crippen molar-refractivity contribution in [2.24, 2.45) is 11.8 Å². The topological polar surface area (TPSA) is 30.5 Å². The van der Waals surface area contributed by atoms with Gasteiger partial charge in [0, 0.05) is 18.2 Å². The van der Waals surface area contributed by atoms with E-state index in [4.69, 9.17) is 9.47 Å². The SMILES string of the molecule is CC1CCC(NCc2cccc3c2OCO3)C1C. The molecule has 0 aromatic heterocycles. The monoisotopic (exact) mass is 247 g/mol. The Kier molecular flexibility index (Phi) is 3.16. The van der Waals surface area contributed by atoms with E-state index in [1.807, 2.05) is 12.1 Å². The Balaban J connectivity index is 1.66. The van der Waals surface area contributed by atoms with E-state index in [2.05, 4.69) is 25.2 Å². The van der Waals surface area contributed by atoms with E-state index < -0.39 is 0 Å². The minimum absolute atomic E-state index is 0.350. The van der Waals surface area contributed by atoms with Gasteiger partial charge in [0.25, 0.3) is 0 Å². The number of fused-ring (bicyclic) bond motifs is 1. The second kappa shape index (κ2) is 4.81. The zero-order valence-electron chi connectivity index (χ0n) is 11.1. The van der Waals surface area contributed by atoms with E-state index in [1.54, 1.807) is 0 Å². The van der Waals surface area contributed by atoms with Gasteiger partial charge in [-0.25, -0.2) is 0 Å². The number of para-hydroxylation sites is 1. The van der Waals surface area contributed by atoms with E-state index in [-0.39, 0.29) is 0 Å². The Labute approximate surface area is 108 Å². The highest BCUT2D eigenvalue weighted by Crippen LogP contribution is 2.36. The summed E-state index contributed by atoms with van der Waals surface area (Å²) in [6.07, 6.45) is 2.63. The first-order valence-electron chi connectivity index (χ1n) is 6.86. The molecule has 18 heavy (non-hydrogen) atoms. The molecule has 0 spiro atoms. The third kappa shape index (κ3) is 2.07. The number of nitrogens with one attached hydrogen (secondary N) is 1. The van der Waals surface area contributed by atoms with Gasteiger partial charge in [-0.1, -0.05) is 26.0 Å². The molecule has 1 aromatic rings. The van der Waals surface area contributed by atoms with Crippen LogP contribution in [-0.2, 0) is 6.54 Å². The van der Waals surface area contributed by atoms with Crippen LogP contribution in [0.15, 0.2) is 18.2 Å². The lowest BCUT2D eigenvalue weighted by Gasteiger charge is -2.20. The van der Waals surface area contributed by atoms with Crippen molar-refractivity contribution in [3.63, 3.8) is 0 Å². The third-order valence-corrected chi connectivity index (χ3v) is 4.50. The molecule has 1 N–H and O–H groups in total. The van der Waals surface area contributed by atoms with Crippen LogP contribution in [0.4, 0.5) is 0 Å². The maximum Gasteiger partial charge on any atom is 0.231 e. The first-order chi connectivity index (χ1) is 8.75. The molecule has 98 valence electrons. The molecule has 1 aliphatic heterocycles. The van der Waals surface area contributed by atoms with Gasteiger partial charge in [0.1, 0.15) is 0 Å². The van der Waals surface area contributed by atoms with Crippen LogP contribution >= 0.6 is 0 Å². The van der Waals surface area contributed by atoms with E-state index in [0.29, 0.717) is 12.8 Å². The summed E-state index contributed by atoms with van der Waals surface area (Å²) in [5.74, 6) is 3.40. The molecule has 0 bridgehead atoms. The van der Waals surface area contributed by atoms with Crippen LogP contribution in [0.5, 0.6) is 11.5 Å². The smallest absolute Gasteiger partial charge is 0.231 e. The first kappa shape index (κ1) is 11.8. The molecule has 3 unspecified atom stereocenters. The normalized spacial score (nSPS) is 29.8. The molecule has 3 atom stereocenters. The van der Waals surface area contributed by atoms with Crippen molar-refractivity contribution >= 4 is 0 Å². The summed E-state index contributed by atoms with van der Waals surface area (Å²) >= 11 is 0. The van der Waals surface area contributed by atoms with Gasteiger partial charge in [-0.05, 0) is 30.7 Å². The van der Waals surface area contributed by atoms with Crippen molar-refractivity contribution in [2.75, 3.05) is 6.79 Å². The Morgan fingerprint density at radius 2 is 2.11 bits per heavy atom. The maximum atomic E-state index is 5.53. The molecule has 0 saturated heterocycles. The van der Waals surface area contributed by atoms with Gasteiger partial charge in [-0.3, -0.25) is 0 Å². The van der Waals surface area contributed by atoms with Crippen molar-refractivity contribution in [3.05, 3.63) is 23.8 Å². The van der Waals surface area contributed by atoms with Gasteiger partial charge in [0.05, 0.1) is 0 Å². The molecule has 3 nitrogen and oxygen atoms in total. The highest BCUT2D eigenvalue weighted by molar-refractivity contribution is 5.48. The van der Waals surface area contributed by atoms with Crippen LogP contribution in [0.25, 0.3) is 0 Å². The summed E-state index contributed by atoms with van der Waals surface area (Å²) < 4.78 is 10.9. The molecular weight excluding hydrogens is 226 g/mol. The van der Waals surface area contributed by atoms with Crippen LogP contribution in [0.2, 0.25) is 0 Å². The molecule has 1 aliphatic carbocycles. The standard InChI is InChI=1S/C15H21NO2/c1-10-6-7-13(11(10)2)16-8-12-4-3-5-14-15(12)18-9-17-14/h3-5,10-11,13,16H,6-9H2,1-2H3. The number of ether oxygens (including phenoxy) is 2. The number of hydrogen-bond donors (Lipinski definition) is 1. The van der Waals surface area contributed by atoms with Crippen LogP contribution < -0.4 is 14.8 Å². The molecule has 2 aliphatic rings. The van der Waals surface area contributed by atoms with Crippen LogP contribution in [0, 0.1) is 11.8 Å². The molecule has 1 saturated carbocycles. The lowest BCUT2D eigenvalue weighted by molar-refractivity contribution is 0.173. The average Bonchev–Trinajstić information content (AvgIpc) is 2.97. The number of benzene rings is 1. The number of rotatable bonds is 3. The van der Waals surface area contributed by atoms with Gasteiger partial charge in [0.15, 0.2) is 11.5 Å². The summed E-state index contributed by atoms with van der Waals surface area (Å²) in [6.45, 7) is 5.92. The van der Waals surface area contributed by atoms with Crippen molar-refractivity contribution in [1.29, 1.82) is 0 Å². The summed E-state index contributed by atoms with van der Waals surface area (Å²) in [7, 11) is 0. The van der Waals surface area contributed by atoms with Crippen molar-refractivity contribution in [3.8, 4) is 11.5 Å². The zero-order valence-corrected chi connectivity index (χ0v) is 11.1. The fraction of sp³-hybridized carbons (Fsp3) is 0.600. The number of hydrogen-bond acceptors (Lipinski definition) is 3. The second-order valence-corrected chi connectivity index (χ2v) is 5.55. The van der Waals surface area contributed by atoms with E-state index in [1.165, 1.54) is 18.4 Å². The van der Waals surface area contributed by atoms with E-state index >= 15 is 0 Å². The summed E-state index contributed by atoms with van der Waals surface area (Å²) in [5, 5.41) is 3.67. The Morgan fingerprint density at radius 3 is 2.89 bits per heavy atom. The summed E-state index contributed by atoms with van der Waals surface area (Å²) in [6, 6.07) is 6.75. The Morgan fingerprint density at radius 1 is 1.22 bits per heavy atom. The first-order valence-corrected chi connectivity index (χ1v) is 6.86. The van der Waals surface area contributed by atoms with Gasteiger partial charge < -0.3 is 14.8 Å². The van der Waals surface area contributed by atoms with Crippen LogP contribution in [0.1, 0.15) is 32.3 Å². The van der Waals surface area contributed by atoms with Crippen LogP contribution in [-0.4, -0.2) is 12.8 Å². The highest BCUT2D eigenvalue weighted by atomic mass is 16.7. The van der Waals surface area contributed by atoms with Gasteiger partial charge in [-0.2, -0.15) is 0 Å². The predicted molar refractivity (Wildman–Crippen MR) is 70.8 cm³/mol. The zero-order chi connectivity index (χ0) is 12.5. The minimum Gasteiger partial charge on any atom is -0.454 e. The molecule has 3 heteroatoms. The minimum atomic E-state index is 0.350. The Hall–Kier alpha value is -1.22.